The number of aliphatic hydroxyl groups excluding tert-OH is 1. The van der Waals surface area contributed by atoms with Gasteiger partial charge < -0.3 is 20.6 Å². The summed E-state index contributed by atoms with van der Waals surface area (Å²) in [5.41, 5.74) is 3.75. The molecule has 36 heavy (non-hydrogen) atoms. The molecule has 2 aromatic carbocycles. The summed E-state index contributed by atoms with van der Waals surface area (Å²) in [6, 6.07) is 12.2. The molecule has 0 aliphatic carbocycles. The molecule has 3 rings (SSSR count). The number of allylic oxidation sites excluding steroid dienone is 4. The first-order valence-electron chi connectivity index (χ1n) is 11.1. The summed E-state index contributed by atoms with van der Waals surface area (Å²) in [4.78, 5) is 38.0. The zero-order valence-electron chi connectivity index (χ0n) is 19.5. The van der Waals surface area contributed by atoms with Crippen molar-refractivity contribution < 1.29 is 24.7 Å². The molecule has 0 saturated carbocycles. The molecule has 0 radical (unpaired) electrons. The second kappa shape index (κ2) is 12.7. The minimum Gasteiger partial charge on any atom is -0.391 e. The second-order valence-corrected chi connectivity index (χ2v) is 7.86. The normalized spacial score (nSPS) is 13.6. The van der Waals surface area contributed by atoms with Crippen LogP contribution in [0.15, 0.2) is 85.2 Å². The lowest BCUT2D eigenvalue weighted by atomic mass is 10.1. The number of hydroxylamine groups is 1. The molecule has 0 spiro atoms. The quantitative estimate of drug-likeness (QED) is 0.231. The largest absolute Gasteiger partial charge is 0.391 e. The number of anilines is 1. The summed E-state index contributed by atoms with van der Waals surface area (Å²) in [7, 11) is 0. The van der Waals surface area contributed by atoms with Gasteiger partial charge in [0.25, 0.3) is 11.8 Å². The number of amides is 3. The minimum absolute atomic E-state index is 0.147. The van der Waals surface area contributed by atoms with Gasteiger partial charge >= 0.3 is 0 Å². The summed E-state index contributed by atoms with van der Waals surface area (Å²) in [5, 5.41) is 23.6. The molecule has 0 bridgehead atoms. The van der Waals surface area contributed by atoms with Crippen molar-refractivity contribution in [3.63, 3.8) is 0 Å². The minimum atomic E-state index is -1.30. The lowest BCUT2D eigenvalue weighted by Gasteiger charge is -2.19. The van der Waals surface area contributed by atoms with Crippen molar-refractivity contribution in [3.05, 3.63) is 102 Å². The van der Waals surface area contributed by atoms with Crippen LogP contribution in [0.4, 0.5) is 5.69 Å². The van der Waals surface area contributed by atoms with Crippen LogP contribution < -0.4 is 16.1 Å². The number of carbonyl (C=O) groups excluding carboxylic acids is 3. The molecule has 3 amide bonds. The van der Waals surface area contributed by atoms with Gasteiger partial charge in [-0.1, -0.05) is 24.0 Å². The Morgan fingerprint density at radius 3 is 1.97 bits per heavy atom. The average molecular weight is 487 g/mol. The Hall–Kier alpha value is -4.65. The monoisotopic (exact) mass is 486 g/mol. The molecule has 5 N–H and O–H groups in total. The first-order valence-corrected chi connectivity index (χ1v) is 11.1. The number of benzene rings is 2. The zero-order valence-corrected chi connectivity index (χ0v) is 19.5. The summed E-state index contributed by atoms with van der Waals surface area (Å²) >= 11 is 0. The predicted molar refractivity (Wildman–Crippen MR) is 134 cm³/mol. The van der Waals surface area contributed by atoms with Crippen LogP contribution in [0.3, 0.4) is 0 Å². The van der Waals surface area contributed by atoms with E-state index in [2.05, 4.69) is 22.5 Å². The van der Waals surface area contributed by atoms with Crippen molar-refractivity contribution >= 4 is 23.4 Å². The highest BCUT2D eigenvalue weighted by molar-refractivity contribution is 5.97. The van der Waals surface area contributed by atoms with Crippen LogP contribution in [0.25, 0.3) is 0 Å². The van der Waals surface area contributed by atoms with Gasteiger partial charge in [-0.15, -0.1) is 0 Å². The van der Waals surface area contributed by atoms with Crippen molar-refractivity contribution in [2.24, 2.45) is 0 Å². The van der Waals surface area contributed by atoms with E-state index < -0.39 is 24.0 Å². The Balaban J connectivity index is 1.56. The molecular weight excluding hydrogens is 460 g/mol. The van der Waals surface area contributed by atoms with Crippen LogP contribution in [0.1, 0.15) is 28.4 Å². The molecule has 2 atom stereocenters. The third-order valence-corrected chi connectivity index (χ3v) is 5.04. The average Bonchev–Trinajstić information content (AvgIpc) is 3.15. The van der Waals surface area contributed by atoms with Gasteiger partial charge in [-0.25, -0.2) is 5.48 Å². The molecular formula is C27H26N4O5. The highest BCUT2D eigenvalue weighted by atomic mass is 16.5. The molecule has 0 saturated heterocycles. The maximum atomic E-state index is 12.3. The summed E-state index contributed by atoms with van der Waals surface area (Å²) in [6.45, 7) is 1.52. The fourth-order valence-corrected chi connectivity index (χ4v) is 3.16. The number of rotatable bonds is 7. The Kier molecular flexibility index (Phi) is 9.17. The van der Waals surface area contributed by atoms with Crippen molar-refractivity contribution in [1.29, 1.82) is 0 Å². The van der Waals surface area contributed by atoms with Gasteiger partial charge in [-0.05, 0) is 67.6 Å². The Bertz CT molecular complexity index is 1220. The van der Waals surface area contributed by atoms with Gasteiger partial charge in [0, 0.05) is 34.8 Å². The van der Waals surface area contributed by atoms with Crippen LogP contribution in [0.2, 0.25) is 0 Å². The van der Waals surface area contributed by atoms with E-state index >= 15 is 0 Å². The van der Waals surface area contributed by atoms with Gasteiger partial charge in [0.05, 0.1) is 6.10 Å². The third-order valence-electron chi connectivity index (χ3n) is 5.04. The van der Waals surface area contributed by atoms with E-state index in [4.69, 9.17) is 5.21 Å². The van der Waals surface area contributed by atoms with E-state index in [0.29, 0.717) is 11.3 Å². The van der Waals surface area contributed by atoms with Gasteiger partial charge in [0.1, 0.15) is 12.6 Å². The zero-order chi connectivity index (χ0) is 25.9. The Morgan fingerprint density at radius 1 is 0.889 bits per heavy atom. The molecule has 9 heteroatoms. The van der Waals surface area contributed by atoms with Gasteiger partial charge in [0.2, 0.25) is 5.91 Å². The standard InChI is InChI=1S/C27H26N4O5/c1-19(32)25(27(35)30-36)29-26(34)22-12-8-20(9-13-22)6-7-21-10-14-23(15-11-21)28-24(33)18-31-16-4-2-3-5-17-31/h2-5,8-17,19,25,32,36H,18H2,1H3,(H,28,33)(H,29,34)(H,30,35)/t19-,25+/m1/s1. The number of nitrogens with zero attached hydrogens (tertiary/aromatic N) is 1. The molecule has 2 aromatic rings. The van der Waals surface area contributed by atoms with Crippen LogP contribution >= 0.6 is 0 Å². The molecule has 184 valence electrons. The molecule has 9 nitrogen and oxygen atoms in total. The third kappa shape index (κ3) is 7.70. The highest BCUT2D eigenvalue weighted by Crippen LogP contribution is 2.10. The number of hydrogen-bond acceptors (Lipinski definition) is 6. The van der Waals surface area contributed by atoms with Crippen LogP contribution in [-0.4, -0.2) is 51.6 Å². The van der Waals surface area contributed by atoms with Crippen LogP contribution in [0.5, 0.6) is 0 Å². The van der Waals surface area contributed by atoms with E-state index in [9.17, 15) is 19.5 Å². The number of nitrogens with one attached hydrogen (secondary N) is 3. The Labute approximate surface area is 208 Å². The van der Waals surface area contributed by atoms with Gasteiger partial charge in [-0.3, -0.25) is 19.6 Å². The first kappa shape index (κ1) is 26.0. The molecule has 1 heterocycles. The van der Waals surface area contributed by atoms with Crippen molar-refractivity contribution in [1.82, 2.24) is 15.7 Å². The van der Waals surface area contributed by atoms with E-state index in [1.165, 1.54) is 12.4 Å². The topological polar surface area (TPSA) is 131 Å². The molecule has 1 aliphatic heterocycles. The summed E-state index contributed by atoms with van der Waals surface area (Å²) in [5.74, 6) is 4.37. The summed E-state index contributed by atoms with van der Waals surface area (Å²) in [6.07, 6.45) is 9.92. The van der Waals surface area contributed by atoms with Gasteiger partial charge in [-0.2, -0.15) is 0 Å². The van der Waals surface area contributed by atoms with Gasteiger partial charge in [0.15, 0.2) is 0 Å². The number of hydrogen-bond donors (Lipinski definition) is 5. The highest BCUT2D eigenvalue weighted by Gasteiger charge is 2.25. The lowest BCUT2D eigenvalue weighted by molar-refractivity contribution is -0.133. The smallest absolute Gasteiger partial charge is 0.268 e. The Morgan fingerprint density at radius 2 is 1.44 bits per heavy atom. The van der Waals surface area contributed by atoms with Crippen molar-refractivity contribution in [2.75, 3.05) is 11.9 Å². The van der Waals surface area contributed by atoms with E-state index in [1.807, 2.05) is 36.7 Å². The van der Waals surface area contributed by atoms with E-state index in [-0.39, 0.29) is 18.0 Å². The van der Waals surface area contributed by atoms with E-state index in [0.717, 1.165) is 5.56 Å². The first-order chi connectivity index (χ1) is 17.4. The van der Waals surface area contributed by atoms with Crippen molar-refractivity contribution in [3.8, 4) is 11.8 Å². The predicted octanol–water partition coefficient (Wildman–Crippen LogP) is 1.91. The molecule has 0 aromatic heterocycles. The second-order valence-electron chi connectivity index (χ2n) is 7.86. The van der Waals surface area contributed by atoms with Crippen LogP contribution in [-0.2, 0) is 9.59 Å². The molecule has 0 unspecified atom stereocenters. The van der Waals surface area contributed by atoms with E-state index in [1.54, 1.807) is 53.4 Å². The fraction of sp³-hybridized carbons (Fsp3) is 0.148. The summed E-state index contributed by atoms with van der Waals surface area (Å²) < 4.78 is 0. The number of aliphatic hydroxyl groups is 1. The molecule has 0 fully saturated rings. The van der Waals surface area contributed by atoms with Crippen LogP contribution in [0, 0.1) is 11.8 Å². The maximum Gasteiger partial charge on any atom is 0.268 e. The number of carbonyl (C=O) groups is 3. The lowest BCUT2D eigenvalue weighted by Crippen LogP contribution is -2.51. The molecule has 1 aliphatic rings. The maximum absolute atomic E-state index is 12.3. The SMILES string of the molecule is C[C@@H](O)[C@H](NC(=O)c1ccc(C#Cc2ccc(NC(=O)CN3C=CC=CC=C3)cc2)cc1)C(=O)NO. The van der Waals surface area contributed by atoms with Crippen molar-refractivity contribution in [2.45, 2.75) is 19.1 Å². The fourth-order valence-electron chi connectivity index (χ4n) is 3.16.